The highest BCUT2D eigenvalue weighted by Gasteiger charge is 2.19. The summed E-state index contributed by atoms with van der Waals surface area (Å²) in [6.45, 7) is 7.40. The van der Waals surface area contributed by atoms with Crippen molar-refractivity contribution in [3.05, 3.63) is 29.8 Å². The van der Waals surface area contributed by atoms with Gasteiger partial charge in [0.2, 0.25) is 0 Å². The first kappa shape index (κ1) is 15.5. The Bertz CT molecular complexity index is 404. The molecule has 4 heteroatoms. The number of rotatable bonds is 8. The molecule has 2 N–H and O–H groups in total. The first-order valence-electron chi connectivity index (χ1n) is 6.73. The van der Waals surface area contributed by atoms with Crippen molar-refractivity contribution in [2.45, 2.75) is 33.2 Å². The molecule has 0 saturated carbocycles. The predicted molar refractivity (Wildman–Crippen MR) is 75.4 cm³/mol. The van der Waals surface area contributed by atoms with E-state index in [1.165, 1.54) is 0 Å². The Kier molecular flexibility index (Phi) is 6.36. The van der Waals surface area contributed by atoms with E-state index in [9.17, 15) is 9.90 Å². The summed E-state index contributed by atoms with van der Waals surface area (Å²) in [6, 6.07) is 6.56. The second-order valence-electron chi connectivity index (χ2n) is 4.91. The van der Waals surface area contributed by atoms with Gasteiger partial charge in [-0.2, -0.15) is 0 Å². The van der Waals surface area contributed by atoms with E-state index in [4.69, 9.17) is 4.74 Å². The minimum atomic E-state index is -0.864. The molecule has 0 aliphatic rings. The number of carboxylic acids is 1. The maximum absolute atomic E-state index is 11.3. The molecule has 0 radical (unpaired) electrons. The summed E-state index contributed by atoms with van der Waals surface area (Å²) in [7, 11) is 0. The van der Waals surface area contributed by atoms with Crippen molar-refractivity contribution >= 4 is 5.97 Å². The van der Waals surface area contributed by atoms with E-state index < -0.39 is 12.0 Å². The van der Waals surface area contributed by atoms with Crippen molar-refractivity contribution in [1.29, 1.82) is 0 Å². The number of ether oxygens (including phenoxy) is 1. The predicted octanol–water partition coefficient (Wildman–Crippen LogP) is 2.85. The number of benzene rings is 1. The van der Waals surface area contributed by atoms with Gasteiger partial charge in [-0.15, -0.1) is 0 Å². The Hall–Kier alpha value is -1.55. The fourth-order valence-corrected chi connectivity index (χ4v) is 1.81. The third-order valence-electron chi connectivity index (χ3n) is 2.82. The Balaban J connectivity index is 2.75. The minimum Gasteiger partial charge on any atom is -0.494 e. The van der Waals surface area contributed by atoms with Crippen molar-refractivity contribution in [2.75, 3.05) is 13.2 Å². The van der Waals surface area contributed by atoms with Crippen LogP contribution < -0.4 is 10.1 Å². The first-order chi connectivity index (χ1) is 9.04. The van der Waals surface area contributed by atoms with Crippen LogP contribution >= 0.6 is 0 Å². The number of carboxylic acid groups (broad SMARTS) is 1. The lowest BCUT2D eigenvalue weighted by Crippen LogP contribution is -2.29. The number of aliphatic carboxylic acids is 1. The van der Waals surface area contributed by atoms with Crippen LogP contribution in [0.4, 0.5) is 0 Å². The third-order valence-corrected chi connectivity index (χ3v) is 2.82. The number of hydrogen-bond donors (Lipinski definition) is 2. The van der Waals surface area contributed by atoms with Gasteiger partial charge in [-0.05, 0) is 43.5 Å². The standard InChI is InChI=1S/C15H23NO3/c1-4-19-13-7-5-6-12(10-13)14(15(17)18)16-9-8-11(2)3/h5-7,10-11,14,16H,4,8-9H2,1-3H3,(H,17,18). The van der Waals surface area contributed by atoms with Gasteiger partial charge in [-0.25, -0.2) is 0 Å². The van der Waals surface area contributed by atoms with E-state index >= 15 is 0 Å². The highest BCUT2D eigenvalue weighted by molar-refractivity contribution is 5.75. The third kappa shape index (κ3) is 5.30. The lowest BCUT2D eigenvalue weighted by molar-refractivity contribution is -0.139. The average molecular weight is 265 g/mol. The molecule has 0 spiro atoms. The molecule has 0 saturated heterocycles. The van der Waals surface area contributed by atoms with Gasteiger partial charge < -0.3 is 15.2 Å². The maximum Gasteiger partial charge on any atom is 0.325 e. The van der Waals surface area contributed by atoms with E-state index in [1.54, 1.807) is 6.07 Å². The second kappa shape index (κ2) is 7.79. The van der Waals surface area contributed by atoms with Crippen LogP contribution in [-0.4, -0.2) is 24.2 Å². The molecule has 0 bridgehead atoms. The number of hydrogen-bond acceptors (Lipinski definition) is 3. The summed E-state index contributed by atoms with van der Waals surface area (Å²) < 4.78 is 5.40. The van der Waals surface area contributed by atoms with Crippen molar-refractivity contribution in [3.8, 4) is 5.75 Å². The molecule has 0 amide bonds. The highest BCUT2D eigenvalue weighted by atomic mass is 16.5. The Morgan fingerprint density at radius 2 is 2.16 bits per heavy atom. The Morgan fingerprint density at radius 1 is 1.42 bits per heavy atom. The zero-order valence-corrected chi connectivity index (χ0v) is 11.8. The maximum atomic E-state index is 11.3. The average Bonchev–Trinajstić information content (AvgIpc) is 2.34. The van der Waals surface area contributed by atoms with Gasteiger partial charge in [-0.1, -0.05) is 26.0 Å². The molecule has 1 aromatic rings. The molecule has 0 heterocycles. The molecule has 1 atom stereocenters. The number of nitrogens with one attached hydrogen (secondary N) is 1. The Labute approximate surface area is 114 Å². The minimum absolute atomic E-state index is 0.553. The van der Waals surface area contributed by atoms with Gasteiger partial charge in [0, 0.05) is 0 Å². The fraction of sp³-hybridized carbons (Fsp3) is 0.533. The van der Waals surface area contributed by atoms with Crippen LogP contribution in [0.15, 0.2) is 24.3 Å². The first-order valence-corrected chi connectivity index (χ1v) is 6.73. The number of carbonyl (C=O) groups is 1. The summed E-state index contributed by atoms with van der Waals surface area (Å²) in [5, 5.41) is 12.4. The summed E-state index contributed by atoms with van der Waals surface area (Å²) in [4.78, 5) is 11.3. The van der Waals surface area contributed by atoms with Crippen molar-refractivity contribution in [1.82, 2.24) is 5.32 Å². The van der Waals surface area contributed by atoms with Crippen molar-refractivity contribution in [3.63, 3.8) is 0 Å². The smallest absolute Gasteiger partial charge is 0.325 e. The van der Waals surface area contributed by atoms with Crippen LogP contribution in [0.25, 0.3) is 0 Å². The van der Waals surface area contributed by atoms with Gasteiger partial charge in [0.15, 0.2) is 0 Å². The van der Waals surface area contributed by atoms with E-state index in [1.807, 2.05) is 25.1 Å². The lowest BCUT2D eigenvalue weighted by atomic mass is 10.1. The van der Waals surface area contributed by atoms with Gasteiger partial charge in [0.1, 0.15) is 11.8 Å². The molecule has 19 heavy (non-hydrogen) atoms. The van der Waals surface area contributed by atoms with Crippen LogP contribution in [0.3, 0.4) is 0 Å². The van der Waals surface area contributed by atoms with E-state index in [0.717, 1.165) is 12.0 Å². The van der Waals surface area contributed by atoms with Gasteiger partial charge in [0.25, 0.3) is 0 Å². The molecule has 4 nitrogen and oxygen atoms in total. The van der Waals surface area contributed by atoms with Crippen LogP contribution in [0.5, 0.6) is 5.75 Å². The molecular weight excluding hydrogens is 242 g/mol. The van der Waals surface area contributed by atoms with Crippen LogP contribution in [0.1, 0.15) is 38.8 Å². The van der Waals surface area contributed by atoms with Gasteiger partial charge >= 0.3 is 5.97 Å². The summed E-state index contributed by atoms with van der Waals surface area (Å²) >= 11 is 0. The van der Waals surface area contributed by atoms with E-state index in [2.05, 4.69) is 19.2 Å². The normalized spacial score (nSPS) is 12.4. The molecule has 0 fully saturated rings. The molecular formula is C15H23NO3. The molecule has 0 aromatic heterocycles. The molecule has 0 aliphatic carbocycles. The van der Waals surface area contributed by atoms with Crippen molar-refractivity contribution < 1.29 is 14.6 Å². The summed E-state index contributed by atoms with van der Waals surface area (Å²) in [5.74, 6) is 0.394. The highest BCUT2D eigenvalue weighted by Crippen LogP contribution is 2.20. The zero-order chi connectivity index (χ0) is 14.3. The summed E-state index contributed by atoms with van der Waals surface area (Å²) in [6.07, 6.45) is 0.953. The second-order valence-corrected chi connectivity index (χ2v) is 4.91. The quantitative estimate of drug-likeness (QED) is 0.759. The molecule has 1 rings (SSSR count). The van der Waals surface area contributed by atoms with Gasteiger partial charge in [-0.3, -0.25) is 4.79 Å². The van der Waals surface area contributed by atoms with Crippen molar-refractivity contribution in [2.24, 2.45) is 5.92 Å². The largest absolute Gasteiger partial charge is 0.494 e. The fourth-order valence-electron chi connectivity index (χ4n) is 1.81. The lowest BCUT2D eigenvalue weighted by Gasteiger charge is -2.16. The monoisotopic (exact) mass is 265 g/mol. The zero-order valence-electron chi connectivity index (χ0n) is 11.8. The topological polar surface area (TPSA) is 58.6 Å². The van der Waals surface area contributed by atoms with Gasteiger partial charge in [0.05, 0.1) is 6.61 Å². The molecule has 0 aliphatic heterocycles. The van der Waals surface area contributed by atoms with E-state index in [-0.39, 0.29) is 0 Å². The summed E-state index contributed by atoms with van der Waals surface area (Å²) in [5.41, 5.74) is 0.724. The van der Waals surface area contributed by atoms with Crippen LogP contribution in [0.2, 0.25) is 0 Å². The molecule has 1 unspecified atom stereocenters. The molecule has 1 aromatic carbocycles. The van der Waals surface area contributed by atoms with Crippen LogP contribution in [0, 0.1) is 5.92 Å². The molecule has 106 valence electrons. The SMILES string of the molecule is CCOc1cccc(C(NCCC(C)C)C(=O)O)c1. The van der Waals surface area contributed by atoms with E-state index in [0.29, 0.717) is 24.8 Å². The van der Waals surface area contributed by atoms with Crippen LogP contribution in [-0.2, 0) is 4.79 Å². The Morgan fingerprint density at radius 3 is 2.74 bits per heavy atom.